The van der Waals surface area contributed by atoms with Gasteiger partial charge in [0.05, 0.1) is 0 Å². The molecule has 1 unspecified atom stereocenters. The lowest BCUT2D eigenvalue weighted by atomic mass is 9.97. The highest BCUT2D eigenvalue weighted by molar-refractivity contribution is 5.16. The van der Waals surface area contributed by atoms with E-state index in [9.17, 15) is 0 Å². The van der Waals surface area contributed by atoms with Crippen molar-refractivity contribution in [3.63, 3.8) is 0 Å². The Hall–Kier alpha value is -1.82. The van der Waals surface area contributed by atoms with Gasteiger partial charge in [0.2, 0.25) is 0 Å². The lowest BCUT2D eigenvalue weighted by molar-refractivity contribution is 0.606. The highest BCUT2D eigenvalue weighted by Crippen LogP contribution is 2.17. The molecule has 0 amide bonds. The first kappa shape index (κ1) is 28.2. The minimum absolute atomic E-state index is 0.549. The van der Waals surface area contributed by atoms with Crippen molar-refractivity contribution in [2.24, 2.45) is 5.92 Å². The summed E-state index contributed by atoms with van der Waals surface area (Å²) >= 11 is 0. The van der Waals surface area contributed by atoms with Gasteiger partial charge in [0, 0.05) is 0 Å². The van der Waals surface area contributed by atoms with Crippen molar-refractivity contribution >= 4 is 0 Å². The van der Waals surface area contributed by atoms with Crippen molar-refractivity contribution in [1.82, 2.24) is 0 Å². The summed E-state index contributed by atoms with van der Waals surface area (Å²) in [5.41, 5.74) is 7.03. The number of allylic oxidation sites excluding steroid dienone is 12. The van der Waals surface area contributed by atoms with E-state index in [1.165, 1.54) is 40.7 Å². The fraction of sp³-hybridized carbons (Fsp3) is 0.533. The van der Waals surface area contributed by atoms with Crippen LogP contribution < -0.4 is 0 Å². The van der Waals surface area contributed by atoms with Crippen molar-refractivity contribution in [1.29, 1.82) is 0 Å². The Morgan fingerprint density at radius 2 is 1.20 bits per heavy atom. The van der Waals surface area contributed by atoms with Gasteiger partial charge in [0.15, 0.2) is 0 Å². The van der Waals surface area contributed by atoms with Crippen LogP contribution in [0.15, 0.2) is 83.6 Å². The minimum Gasteiger partial charge on any atom is -0.103 e. The summed E-state index contributed by atoms with van der Waals surface area (Å²) in [6.45, 7) is 21.4. The topological polar surface area (TPSA) is 0 Å². The summed E-state index contributed by atoms with van der Waals surface area (Å²) in [4.78, 5) is 0. The lowest BCUT2D eigenvalue weighted by Gasteiger charge is -2.09. The number of hydrogen-bond acceptors (Lipinski definition) is 0. The van der Waals surface area contributed by atoms with Crippen molar-refractivity contribution < 1.29 is 0 Å². The predicted octanol–water partition coefficient (Wildman–Crippen LogP) is 10.2. The van der Waals surface area contributed by atoms with Crippen LogP contribution in [0.5, 0.6) is 0 Å². The van der Waals surface area contributed by atoms with Crippen LogP contribution in [0, 0.1) is 5.92 Å². The van der Waals surface area contributed by atoms with E-state index in [2.05, 4.69) is 97.2 Å². The largest absolute Gasteiger partial charge is 0.103 e. The molecule has 0 N–H and O–H groups in total. The van der Waals surface area contributed by atoms with Gasteiger partial charge < -0.3 is 0 Å². The average molecular weight is 409 g/mol. The lowest BCUT2D eigenvalue weighted by Crippen LogP contribution is -1.94. The summed E-state index contributed by atoms with van der Waals surface area (Å²) in [5, 5.41) is 0. The summed E-state index contributed by atoms with van der Waals surface area (Å²) in [5.74, 6) is 0.549. The molecular formula is C30H48. The molecule has 0 saturated heterocycles. The fourth-order valence-corrected chi connectivity index (χ4v) is 3.25. The third kappa shape index (κ3) is 18.2. The van der Waals surface area contributed by atoms with Gasteiger partial charge in [-0.1, -0.05) is 77.0 Å². The van der Waals surface area contributed by atoms with Crippen LogP contribution in [-0.2, 0) is 0 Å². The van der Waals surface area contributed by atoms with E-state index in [4.69, 9.17) is 0 Å². The molecule has 1 atom stereocenters. The summed E-state index contributed by atoms with van der Waals surface area (Å²) < 4.78 is 0. The summed E-state index contributed by atoms with van der Waals surface area (Å²) in [6, 6.07) is 0. The first-order valence-corrected chi connectivity index (χ1v) is 11.8. The van der Waals surface area contributed by atoms with Gasteiger partial charge in [-0.15, -0.1) is 6.58 Å². The van der Waals surface area contributed by atoms with Gasteiger partial charge in [-0.2, -0.15) is 0 Å². The molecule has 0 bridgehead atoms. The van der Waals surface area contributed by atoms with E-state index < -0.39 is 0 Å². The van der Waals surface area contributed by atoms with Gasteiger partial charge in [-0.05, 0) is 105 Å². The molecule has 168 valence electrons. The Kier molecular flexibility index (Phi) is 16.9. The molecule has 0 nitrogen and oxygen atoms in total. The maximum absolute atomic E-state index is 4.22. The molecular weight excluding hydrogens is 360 g/mol. The van der Waals surface area contributed by atoms with Crippen LogP contribution in [0.25, 0.3) is 0 Å². The Morgan fingerprint density at radius 1 is 0.700 bits per heavy atom. The van der Waals surface area contributed by atoms with Crippen molar-refractivity contribution in [2.45, 2.75) is 99.3 Å². The zero-order chi connectivity index (χ0) is 22.8. The second-order valence-electron chi connectivity index (χ2n) is 9.15. The van der Waals surface area contributed by atoms with E-state index in [1.807, 2.05) is 0 Å². The first-order chi connectivity index (χ1) is 14.2. The molecule has 30 heavy (non-hydrogen) atoms. The molecule has 0 radical (unpaired) electrons. The molecule has 0 rings (SSSR count). The molecule has 0 aromatic heterocycles. The van der Waals surface area contributed by atoms with Crippen molar-refractivity contribution in [3.05, 3.63) is 83.6 Å². The van der Waals surface area contributed by atoms with E-state index >= 15 is 0 Å². The highest BCUT2D eigenvalue weighted by Gasteiger charge is 2.01. The molecule has 0 saturated carbocycles. The first-order valence-electron chi connectivity index (χ1n) is 11.8. The zero-order valence-corrected chi connectivity index (χ0v) is 20.9. The molecule has 0 aromatic carbocycles. The second kappa shape index (κ2) is 18.0. The minimum atomic E-state index is 0.549. The quantitative estimate of drug-likeness (QED) is 0.176. The number of rotatable bonds is 16. The Bertz CT molecular complexity index is 638. The van der Waals surface area contributed by atoms with Crippen LogP contribution in [0.1, 0.15) is 99.3 Å². The standard InChI is InChI=1S/C30H48/c1-9-30(23-13-21-28(7)18-11-16-26(4)5)24-14-22-29(8)20-12-19-27(6)17-10-15-25(2)3/h9,14-16,19,21-22,30H,1,8,10-13,17-18,20,23-24H2,2-7H3. The molecule has 0 aliphatic carbocycles. The Labute approximate surface area is 188 Å². The summed E-state index contributed by atoms with van der Waals surface area (Å²) in [7, 11) is 0. The molecule has 0 spiro atoms. The van der Waals surface area contributed by atoms with Gasteiger partial charge in [0.1, 0.15) is 0 Å². The molecule has 0 aliphatic rings. The maximum Gasteiger partial charge on any atom is -0.0199 e. The summed E-state index contributed by atoms with van der Waals surface area (Å²) in [6.07, 6.45) is 26.2. The van der Waals surface area contributed by atoms with Crippen LogP contribution in [0.3, 0.4) is 0 Å². The Balaban J connectivity index is 4.16. The molecule has 0 heteroatoms. The SMILES string of the molecule is C=CC(CC=CC(=C)CCC=C(C)CCC=C(C)C)CCC=C(C)CCC=C(C)C. The van der Waals surface area contributed by atoms with E-state index in [0.717, 1.165) is 44.9 Å². The maximum atomic E-state index is 4.22. The number of hydrogen-bond donors (Lipinski definition) is 0. The second-order valence-corrected chi connectivity index (χ2v) is 9.15. The van der Waals surface area contributed by atoms with Crippen LogP contribution in [0.2, 0.25) is 0 Å². The highest BCUT2D eigenvalue weighted by atomic mass is 14.1. The molecule has 0 fully saturated rings. The zero-order valence-electron chi connectivity index (χ0n) is 20.9. The molecule has 0 aliphatic heterocycles. The van der Waals surface area contributed by atoms with Gasteiger partial charge in [-0.3, -0.25) is 0 Å². The van der Waals surface area contributed by atoms with Crippen LogP contribution >= 0.6 is 0 Å². The molecule has 0 aromatic rings. The third-order valence-electron chi connectivity index (χ3n) is 5.30. The third-order valence-corrected chi connectivity index (χ3v) is 5.30. The predicted molar refractivity (Wildman–Crippen MR) is 140 cm³/mol. The normalized spacial score (nSPS) is 13.3. The van der Waals surface area contributed by atoms with E-state index in [0.29, 0.717) is 5.92 Å². The monoisotopic (exact) mass is 408 g/mol. The van der Waals surface area contributed by atoms with E-state index in [1.54, 1.807) is 0 Å². The van der Waals surface area contributed by atoms with Gasteiger partial charge in [0.25, 0.3) is 0 Å². The fourth-order valence-electron chi connectivity index (χ4n) is 3.25. The van der Waals surface area contributed by atoms with Crippen molar-refractivity contribution in [3.8, 4) is 0 Å². The smallest absolute Gasteiger partial charge is 0.0199 e. The Morgan fingerprint density at radius 3 is 1.70 bits per heavy atom. The average Bonchev–Trinajstić information content (AvgIpc) is 2.66. The van der Waals surface area contributed by atoms with E-state index in [-0.39, 0.29) is 0 Å². The van der Waals surface area contributed by atoms with Gasteiger partial charge in [-0.25, -0.2) is 0 Å². The van der Waals surface area contributed by atoms with Crippen LogP contribution in [0.4, 0.5) is 0 Å². The molecule has 0 heterocycles. The van der Waals surface area contributed by atoms with Gasteiger partial charge >= 0.3 is 0 Å². The van der Waals surface area contributed by atoms with Crippen molar-refractivity contribution in [2.75, 3.05) is 0 Å². The van der Waals surface area contributed by atoms with Crippen LogP contribution in [-0.4, -0.2) is 0 Å².